The summed E-state index contributed by atoms with van der Waals surface area (Å²) in [5.74, 6) is -0.697. The van der Waals surface area contributed by atoms with Crippen LogP contribution in [0.5, 0.6) is 0 Å². The second-order valence-electron chi connectivity index (χ2n) is 7.12. The third-order valence-corrected chi connectivity index (χ3v) is 5.24. The van der Waals surface area contributed by atoms with E-state index in [9.17, 15) is 14.4 Å². The van der Waals surface area contributed by atoms with Crippen molar-refractivity contribution in [2.45, 2.75) is 32.2 Å². The van der Waals surface area contributed by atoms with Crippen LogP contribution in [0.1, 0.15) is 40.1 Å². The van der Waals surface area contributed by atoms with Gasteiger partial charge in [-0.15, -0.1) is 0 Å². The molecule has 27 heavy (non-hydrogen) atoms. The number of benzene rings is 1. The summed E-state index contributed by atoms with van der Waals surface area (Å²) in [5.41, 5.74) is 3.08. The lowest BCUT2D eigenvalue weighted by Gasteiger charge is -2.14. The molecule has 1 aromatic heterocycles. The van der Waals surface area contributed by atoms with Gasteiger partial charge < -0.3 is 14.1 Å². The smallest absolute Gasteiger partial charge is 0.311 e. The zero-order valence-corrected chi connectivity index (χ0v) is 15.0. The summed E-state index contributed by atoms with van der Waals surface area (Å²) in [4.78, 5) is 38.3. The van der Waals surface area contributed by atoms with Gasteiger partial charge in [0, 0.05) is 18.5 Å². The first-order valence-electron chi connectivity index (χ1n) is 9.22. The van der Waals surface area contributed by atoms with Gasteiger partial charge in [0.2, 0.25) is 5.91 Å². The van der Waals surface area contributed by atoms with Gasteiger partial charge in [0.15, 0.2) is 12.4 Å². The number of hydrogen-bond acceptors (Lipinski definition) is 5. The summed E-state index contributed by atoms with van der Waals surface area (Å²) in [6.07, 6.45) is 4.82. The predicted molar refractivity (Wildman–Crippen MR) is 96.0 cm³/mol. The van der Waals surface area contributed by atoms with E-state index in [0.717, 1.165) is 19.3 Å². The molecular formula is C21H21NO5. The molecular weight excluding hydrogens is 346 g/mol. The summed E-state index contributed by atoms with van der Waals surface area (Å²) in [7, 11) is 0. The van der Waals surface area contributed by atoms with Gasteiger partial charge in [-0.25, -0.2) is 0 Å². The zero-order chi connectivity index (χ0) is 18.8. The second-order valence-corrected chi connectivity index (χ2v) is 7.12. The van der Waals surface area contributed by atoms with Crippen molar-refractivity contribution in [3.63, 3.8) is 0 Å². The first-order valence-corrected chi connectivity index (χ1v) is 9.22. The maximum Gasteiger partial charge on any atom is 0.311 e. The van der Waals surface area contributed by atoms with Gasteiger partial charge in [-0.1, -0.05) is 12.1 Å². The fourth-order valence-electron chi connectivity index (χ4n) is 3.76. The Morgan fingerprint density at radius 3 is 2.85 bits per heavy atom. The van der Waals surface area contributed by atoms with E-state index >= 15 is 0 Å². The lowest BCUT2D eigenvalue weighted by Crippen LogP contribution is -2.27. The van der Waals surface area contributed by atoms with Crippen LogP contribution >= 0.6 is 0 Å². The van der Waals surface area contributed by atoms with Gasteiger partial charge >= 0.3 is 5.97 Å². The standard InChI is InChI=1S/C21H21NO5/c23-19(16-7-6-14-3-1-4-15(14)9-16)13-27-21(25)17-10-20(24)22(11-17)12-18-5-2-8-26-18/h2,5-9,17H,1,3-4,10-13H2/t17-/m0/s1. The minimum Gasteiger partial charge on any atom is -0.467 e. The van der Waals surface area contributed by atoms with Crippen molar-refractivity contribution in [1.29, 1.82) is 0 Å². The Hall–Kier alpha value is -2.89. The number of amides is 1. The molecule has 0 N–H and O–H groups in total. The lowest BCUT2D eigenvalue weighted by molar-refractivity contribution is -0.147. The van der Waals surface area contributed by atoms with Gasteiger partial charge in [0.1, 0.15) is 5.76 Å². The molecule has 2 aromatic rings. The normalized spacial score (nSPS) is 18.6. The second kappa shape index (κ2) is 7.39. The molecule has 0 radical (unpaired) electrons. The number of rotatable bonds is 6. The molecule has 140 valence electrons. The molecule has 1 saturated heterocycles. The van der Waals surface area contributed by atoms with Crippen molar-refractivity contribution < 1.29 is 23.5 Å². The van der Waals surface area contributed by atoms with Crippen LogP contribution in [0.4, 0.5) is 0 Å². The Bertz CT molecular complexity index is 871. The van der Waals surface area contributed by atoms with Crippen LogP contribution in [-0.2, 0) is 33.7 Å². The Kier molecular flexibility index (Phi) is 4.79. The first-order chi connectivity index (χ1) is 13.1. The quantitative estimate of drug-likeness (QED) is 0.579. The van der Waals surface area contributed by atoms with E-state index in [-0.39, 0.29) is 31.3 Å². The van der Waals surface area contributed by atoms with Gasteiger partial charge in [-0.2, -0.15) is 0 Å². The number of esters is 1. The van der Waals surface area contributed by atoms with E-state index in [1.165, 1.54) is 11.1 Å². The highest BCUT2D eigenvalue weighted by Gasteiger charge is 2.36. The van der Waals surface area contributed by atoms with Crippen LogP contribution < -0.4 is 0 Å². The number of carbonyl (C=O) groups is 3. The molecule has 6 heteroatoms. The summed E-state index contributed by atoms with van der Waals surface area (Å²) in [5, 5.41) is 0. The molecule has 1 atom stereocenters. The van der Waals surface area contributed by atoms with Gasteiger partial charge in [0.25, 0.3) is 0 Å². The van der Waals surface area contributed by atoms with E-state index in [4.69, 9.17) is 9.15 Å². The molecule has 6 nitrogen and oxygen atoms in total. The number of Topliss-reactive ketones (excluding diaryl/α,β-unsaturated/α-hetero) is 1. The van der Waals surface area contributed by atoms with E-state index in [0.29, 0.717) is 17.9 Å². The van der Waals surface area contributed by atoms with Gasteiger partial charge in [0.05, 0.1) is 18.7 Å². The third-order valence-electron chi connectivity index (χ3n) is 5.24. The number of furan rings is 1. The third kappa shape index (κ3) is 3.79. The number of nitrogens with zero attached hydrogens (tertiary/aromatic N) is 1. The van der Waals surface area contributed by atoms with E-state index in [1.807, 2.05) is 12.1 Å². The molecule has 0 saturated carbocycles. The fourth-order valence-corrected chi connectivity index (χ4v) is 3.76. The Morgan fingerprint density at radius 2 is 2.04 bits per heavy atom. The number of fused-ring (bicyclic) bond motifs is 1. The van der Waals surface area contributed by atoms with Crippen molar-refractivity contribution in [3.8, 4) is 0 Å². The van der Waals surface area contributed by atoms with Gasteiger partial charge in [-0.3, -0.25) is 14.4 Å². The number of likely N-dealkylation sites (tertiary alicyclic amines) is 1. The van der Waals surface area contributed by atoms with Gasteiger partial charge in [-0.05, 0) is 48.6 Å². The van der Waals surface area contributed by atoms with E-state index in [1.54, 1.807) is 29.4 Å². The fraction of sp³-hybridized carbons (Fsp3) is 0.381. The minimum atomic E-state index is -0.541. The molecule has 0 unspecified atom stereocenters. The van der Waals surface area contributed by atoms with Crippen LogP contribution in [0.2, 0.25) is 0 Å². The zero-order valence-electron chi connectivity index (χ0n) is 15.0. The highest BCUT2D eigenvalue weighted by Crippen LogP contribution is 2.24. The lowest BCUT2D eigenvalue weighted by atomic mass is 10.0. The van der Waals surface area contributed by atoms with Crippen LogP contribution in [0.25, 0.3) is 0 Å². The first kappa shape index (κ1) is 17.5. The van der Waals surface area contributed by atoms with Crippen molar-refractivity contribution in [2.24, 2.45) is 5.92 Å². The summed E-state index contributed by atoms with van der Waals surface area (Å²) in [6.45, 7) is 0.329. The Morgan fingerprint density at radius 1 is 1.19 bits per heavy atom. The molecule has 1 aliphatic carbocycles. The summed E-state index contributed by atoms with van der Waals surface area (Å²) >= 11 is 0. The molecule has 1 aliphatic heterocycles. The molecule has 0 bridgehead atoms. The van der Waals surface area contributed by atoms with Crippen LogP contribution in [0.15, 0.2) is 41.0 Å². The van der Waals surface area contributed by atoms with Crippen LogP contribution in [0, 0.1) is 5.92 Å². The molecule has 2 heterocycles. The summed E-state index contributed by atoms with van der Waals surface area (Å²) in [6, 6.07) is 9.23. The predicted octanol–water partition coefficient (Wildman–Crippen LogP) is 2.54. The maximum absolute atomic E-state index is 12.3. The Balaban J connectivity index is 1.30. The Labute approximate surface area is 157 Å². The monoisotopic (exact) mass is 367 g/mol. The highest BCUT2D eigenvalue weighted by atomic mass is 16.5. The van der Waals surface area contributed by atoms with Crippen LogP contribution in [-0.4, -0.2) is 35.7 Å². The average molecular weight is 367 g/mol. The molecule has 1 aromatic carbocycles. The minimum absolute atomic E-state index is 0.104. The molecule has 2 aliphatic rings. The number of aryl methyl sites for hydroxylation is 2. The average Bonchev–Trinajstić information content (AvgIpc) is 3.41. The number of carbonyl (C=O) groups excluding carboxylic acids is 3. The SMILES string of the molecule is O=C(COC(=O)[C@H]1CC(=O)N(Cc2ccco2)C1)c1ccc2c(c1)CCC2. The summed E-state index contributed by atoms with van der Waals surface area (Å²) < 4.78 is 10.4. The number of hydrogen-bond donors (Lipinski definition) is 0. The largest absolute Gasteiger partial charge is 0.467 e. The molecule has 1 amide bonds. The van der Waals surface area contributed by atoms with Crippen molar-refractivity contribution in [2.75, 3.05) is 13.2 Å². The number of ether oxygens (including phenoxy) is 1. The number of ketones is 1. The van der Waals surface area contributed by atoms with Crippen molar-refractivity contribution in [1.82, 2.24) is 4.90 Å². The molecule has 1 fully saturated rings. The van der Waals surface area contributed by atoms with Crippen molar-refractivity contribution >= 4 is 17.7 Å². The topological polar surface area (TPSA) is 76.8 Å². The van der Waals surface area contributed by atoms with E-state index in [2.05, 4.69) is 0 Å². The molecule has 0 spiro atoms. The van der Waals surface area contributed by atoms with E-state index < -0.39 is 11.9 Å². The van der Waals surface area contributed by atoms with Crippen molar-refractivity contribution in [3.05, 3.63) is 59.0 Å². The highest BCUT2D eigenvalue weighted by molar-refractivity contribution is 5.98. The molecule has 4 rings (SSSR count). The van der Waals surface area contributed by atoms with Crippen LogP contribution in [0.3, 0.4) is 0 Å². The maximum atomic E-state index is 12.3.